The van der Waals surface area contributed by atoms with Crippen molar-refractivity contribution >= 4 is 23.1 Å². The van der Waals surface area contributed by atoms with E-state index in [9.17, 15) is 10.1 Å². The number of nitro groups is 1. The van der Waals surface area contributed by atoms with Crippen LogP contribution in [0.3, 0.4) is 0 Å². The van der Waals surface area contributed by atoms with Crippen molar-refractivity contribution in [3.8, 4) is 0 Å². The van der Waals surface area contributed by atoms with Crippen LogP contribution in [0.5, 0.6) is 0 Å². The predicted molar refractivity (Wildman–Crippen MR) is 74.4 cm³/mol. The average molecular weight is 278 g/mol. The Kier molecular flexibility index (Phi) is 3.97. The van der Waals surface area contributed by atoms with Crippen LogP contribution in [-0.4, -0.2) is 9.91 Å². The number of hydrogen-bond donors (Lipinski definition) is 1. The molecule has 0 amide bonds. The van der Waals surface area contributed by atoms with E-state index in [2.05, 4.69) is 10.3 Å². The minimum atomic E-state index is -0.433. The number of hydrogen-bond acceptors (Lipinski definition) is 4. The zero-order valence-electron chi connectivity index (χ0n) is 10.3. The molecule has 2 aromatic rings. The fraction of sp³-hybridized carbons (Fsp3) is 0.154. The maximum atomic E-state index is 11.0. The molecule has 0 bridgehead atoms. The van der Waals surface area contributed by atoms with E-state index in [1.807, 2.05) is 18.2 Å². The number of nitrogens with one attached hydrogen (secondary N) is 1. The Morgan fingerprint density at radius 1 is 1.37 bits per heavy atom. The van der Waals surface area contributed by atoms with Gasteiger partial charge in [0.1, 0.15) is 0 Å². The Balaban J connectivity index is 2.23. The van der Waals surface area contributed by atoms with Crippen molar-refractivity contribution in [1.29, 1.82) is 0 Å². The molecule has 2 rings (SSSR count). The minimum Gasteiger partial charge on any atom is -0.360 e. The van der Waals surface area contributed by atoms with Crippen LogP contribution in [0.25, 0.3) is 0 Å². The average Bonchev–Trinajstić information content (AvgIpc) is 2.37. The van der Waals surface area contributed by atoms with E-state index < -0.39 is 4.92 Å². The highest BCUT2D eigenvalue weighted by Gasteiger charge is 2.18. The monoisotopic (exact) mass is 277 g/mol. The molecule has 0 spiro atoms. The van der Waals surface area contributed by atoms with E-state index in [1.165, 1.54) is 6.20 Å². The summed E-state index contributed by atoms with van der Waals surface area (Å²) in [6, 6.07) is 8.94. The lowest BCUT2D eigenvalue weighted by atomic mass is 10.2. The normalized spacial score (nSPS) is 10.2. The maximum absolute atomic E-state index is 11.0. The molecule has 19 heavy (non-hydrogen) atoms. The molecule has 6 heteroatoms. The molecule has 0 fully saturated rings. The van der Waals surface area contributed by atoms with E-state index in [0.29, 0.717) is 17.1 Å². The van der Waals surface area contributed by atoms with E-state index in [4.69, 9.17) is 11.6 Å². The van der Waals surface area contributed by atoms with Crippen molar-refractivity contribution in [3.05, 3.63) is 62.8 Å². The van der Waals surface area contributed by atoms with Crippen molar-refractivity contribution in [1.82, 2.24) is 4.98 Å². The van der Waals surface area contributed by atoms with Crippen LogP contribution in [0, 0.1) is 17.0 Å². The first-order chi connectivity index (χ1) is 9.09. The van der Waals surface area contributed by atoms with Gasteiger partial charge in [-0.25, -0.2) is 4.98 Å². The van der Waals surface area contributed by atoms with Gasteiger partial charge in [-0.1, -0.05) is 29.8 Å². The number of pyridine rings is 1. The Morgan fingerprint density at radius 3 is 2.79 bits per heavy atom. The first-order valence-electron chi connectivity index (χ1n) is 5.67. The molecule has 0 aliphatic carbocycles. The van der Waals surface area contributed by atoms with Crippen molar-refractivity contribution in [2.24, 2.45) is 0 Å². The fourth-order valence-corrected chi connectivity index (χ4v) is 1.93. The van der Waals surface area contributed by atoms with Gasteiger partial charge in [0.05, 0.1) is 4.92 Å². The number of aryl methyl sites for hydroxylation is 1. The maximum Gasteiger partial charge on any atom is 0.314 e. The second-order valence-corrected chi connectivity index (χ2v) is 4.43. The minimum absolute atomic E-state index is 0.00504. The molecule has 0 unspecified atom stereocenters. The number of anilines is 1. The molecule has 1 aromatic heterocycles. The van der Waals surface area contributed by atoms with Crippen molar-refractivity contribution in [2.45, 2.75) is 13.5 Å². The van der Waals surface area contributed by atoms with Gasteiger partial charge in [-0.05, 0) is 24.6 Å². The van der Waals surface area contributed by atoms with Crippen LogP contribution in [-0.2, 0) is 6.54 Å². The number of benzene rings is 1. The zero-order chi connectivity index (χ0) is 13.8. The molecule has 0 aliphatic heterocycles. The standard InChI is InChI=1S/C13H12ClN3O2/c1-9-6-7-15-13(12(9)17(18)19)16-8-10-4-2-3-5-11(10)14/h2-7H,8H2,1H3,(H,15,16). The summed E-state index contributed by atoms with van der Waals surface area (Å²) >= 11 is 6.03. The van der Waals surface area contributed by atoms with Gasteiger partial charge in [-0.15, -0.1) is 0 Å². The van der Waals surface area contributed by atoms with Gasteiger partial charge in [0, 0.05) is 23.3 Å². The largest absolute Gasteiger partial charge is 0.360 e. The number of halogens is 1. The van der Waals surface area contributed by atoms with Crippen LogP contribution in [0.1, 0.15) is 11.1 Å². The molecule has 5 nitrogen and oxygen atoms in total. The summed E-state index contributed by atoms with van der Waals surface area (Å²) in [6.07, 6.45) is 1.54. The van der Waals surface area contributed by atoms with Gasteiger partial charge >= 0.3 is 5.69 Å². The summed E-state index contributed by atoms with van der Waals surface area (Å²) < 4.78 is 0. The third kappa shape index (κ3) is 3.00. The summed E-state index contributed by atoms with van der Waals surface area (Å²) in [5, 5.41) is 14.6. The third-order valence-corrected chi connectivity index (χ3v) is 3.08. The summed E-state index contributed by atoms with van der Waals surface area (Å²) in [5.74, 6) is 0.255. The smallest absolute Gasteiger partial charge is 0.314 e. The van der Waals surface area contributed by atoms with E-state index in [0.717, 1.165) is 5.56 Å². The number of nitrogens with zero attached hydrogens (tertiary/aromatic N) is 2. The van der Waals surface area contributed by atoms with Crippen LogP contribution in [0.15, 0.2) is 36.5 Å². The molecular weight excluding hydrogens is 266 g/mol. The molecule has 1 N–H and O–H groups in total. The Bertz CT molecular complexity index is 617. The highest BCUT2D eigenvalue weighted by atomic mass is 35.5. The van der Waals surface area contributed by atoms with E-state index in [-0.39, 0.29) is 11.5 Å². The second-order valence-electron chi connectivity index (χ2n) is 4.03. The molecule has 0 aliphatic rings. The summed E-state index contributed by atoms with van der Waals surface area (Å²) in [4.78, 5) is 14.6. The first kappa shape index (κ1) is 13.3. The van der Waals surface area contributed by atoms with Gasteiger partial charge < -0.3 is 5.32 Å². The highest BCUT2D eigenvalue weighted by Crippen LogP contribution is 2.26. The molecule has 0 saturated heterocycles. The highest BCUT2D eigenvalue weighted by molar-refractivity contribution is 6.31. The Morgan fingerprint density at radius 2 is 2.11 bits per heavy atom. The number of aromatic nitrogens is 1. The van der Waals surface area contributed by atoms with Gasteiger partial charge in [0.2, 0.25) is 5.82 Å². The summed E-state index contributed by atoms with van der Waals surface area (Å²) in [5.41, 5.74) is 1.43. The lowest BCUT2D eigenvalue weighted by Gasteiger charge is -2.08. The Hall–Kier alpha value is -2.14. The van der Waals surface area contributed by atoms with Crippen molar-refractivity contribution in [3.63, 3.8) is 0 Å². The number of rotatable bonds is 4. The Labute approximate surface area is 115 Å². The van der Waals surface area contributed by atoms with Gasteiger partial charge in [-0.2, -0.15) is 0 Å². The quantitative estimate of drug-likeness (QED) is 0.685. The summed E-state index contributed by atoms with van der Waals surface area (Å²) in [7, 11) is 0. The van der Waals surface area contributed by atoms with Gasteiger partial charge in [-0.3, -0.25) is 10.1 Å². The second kappa shape index (κ2) is 5.67. The lowest BCUT2D eigenvalue weighted by molar-refractivity contribution is -0.384. The fourth-order valence-electron chi connectivity index (χ4n) is 1.73. The molecule has 0 atom stereocenters. The first-order valence-corrected chi connectivity index (χ1v) is 6.04. The topological polar surface area (TPSA) is 68.1 Å². The zero-order valence-corrected chi connectivity index (χ0v) is 11.0. The van der Waals surface area contributed by atoms with Crippen LogP contribution < -0.4 is 5.32 Å². The van der Waals surface area contributed by atoms with Crippen LogP contribution in [0.2, 0.25) is 5.02 Å². The molecule has 0 radical (unpaired) electrons. The predicted octanol–water partition coefficient (Wildman–Crippen LogP) is 3.56. The van der Waals surface area contributed by atoms with Crippen molar-refractivity contribution < 1.29 is 4.92 Å². The van der Waals surface area contributed by atoms with Gasteiger partial charge in [0.25, 0.3) is 0 Å². The van der Waals surface area contributed by atoms with E-state index >= 15 is 0 Å². The molecule has 98 valence electrons. The van der Waals surface area contributed by atoms with Gasteiger partial charge in [0.15, 0.2) is 0 Å². The molecule has 1 aromatic carbocycles. The van der Waals surface area contributed by atoms with E-state index in [1.54, 1.807) is 19.1 Å². The summed E-state index contributed by atoms with van der Waals surface area (Å²) in [6.45, 7) is 2.07. The van der Waals surface area contributed by atoms with Crippen molar-refractivity contribution in [2.75, 3.05) is 5.32 Å². The lowest BCUT2D eigenvalue weighted by Crippen LogP contribution is -2.06. The third-order valence-electron chi connectivity index (χ3n) is 2.71. The molecular formula is C13H12ClN3O2. The molecule has 1 heterocycles. The van der Waals surface area contributed by atoms with Crippen LogP contribution >= 0.6 is 11.6 Å². The SMILES string of the molecule is Cc1ccnc(NCc2ccccc2Cl)c1[N+](=O)[O-]. The van der Waals surface area contributed by atoms with Crippen LogP contribution in [0.4, 0.5) is 11.5 Å². The molecule has 0 saturated carbocycles.